The minimum absolute atomic E-state index is 0.174. The first-order valence-corrected chi connectivity index (χ1v) is 7.56. The molecule has 0 radical (unpaired) electrons. The molecule has 0 spiro atoms. The Kier molecular flexibility index (Phi) is 4.74. The third-order valence-electron chi connectivity index (χ3n) is 3.69. The van der Waals surface area contributed by atoms with Gasteiger partial charge in [-0.1, -0.05) is 18.2 Å². The van der Waals surface area contributed by atoms with E-state index in [0.29, 0.717) is 24.5 Å². The van der Waals surface area contributed by atoms with Crippen molar-refractivity contribution < 1.29 is 13.9 Å². The Morgan fingerprint density at radius 3 is 2.67 bits per heavy atom. The summed E-state index contributed by atoms with van der Waals surface area (Å²) in [6.07, 6.45) is 1.43. The number of nitrogens with zero attached hydrogens (tertiary/aromatic N) is 3. The predicted octanol–water partition coefficient (Wildman–Crippen LogP) is 3.29. The molecule has 0 aliphatic carbocycles. The maximum atomic E-state index is 13.8. The van der Waals surface area contributed by atoms with Gasteiger partial charge in [-0.3, -0.25) is 0 Å². The molecule has 0 atom stereocenters. The van der Waals surface area contributed by atoms with E-state index in [2.05, 4.69) is 9.97 Å². The van der Waals surface area contributed by atoms with Crippen molar-refractivity contribution in [2.45, 2.75) is 0 Å². The van der Waals surface area contributed by atoms with E-state index < -0.39 is 5.82 Å². The number of halogens is 1. The summed E-state index contributed by atoms with van der Waals surface area (Å²) in [5.74, 6) is 1.26. The fourth-order valence-electron chi connectivity index (χ4n) is 2.43. The monoisotopic (exact) mass is 327 g/mol. The molecule has 0 bridgehead atoms. The molecule has 0 aliphatic rings. The summed E-state index contributed by atoms with van der Waals surface area (Å²) < 4.78 is 24.6. The van der Waals surface area contributed by atoms with Crippen molar-refractivity contribution in [3.05, 3.63) is 54.6 Å². The predicted molar refractivity (Wildman–Crippen MR) is 91.3 cm³/mol. The number of aromatic nitrogens is 2. The smallest absolute Gasteiger partial charge is 0.167 e. The number of hydrogen-bond acceptors (Lipinski definition) is 5. The Labute approximate surface area is 139 Å². The van der Waals surface area contributed by atoms with Gasteiger partial charge in [0.1, 0.15) is 24.5 Å². The molecule has 6 heteroatoms. The van der Waals surface area contributed by atoms with E-state index in [1.54, 1.807) is 6.07 Å². The van der Waals surface area contributed by atoms with Crippen molar-refractivity contribution in [3.8, 4) is 11.5 Å². The molecule has 5 nitrogen and oxygen atoms in total. The number of para-hydroxylation sites is 1. The molecule has 3 aromatic rings. The van der Waals surface area contributed by atoms with Gasteiger partial charge in [0, 0.05) is 18.5 Å². The lowest BCUT2D eigenvalue weighted by atomic mass is 10.2. The molecule has 3 rings (SSSR count). The number of rotatable bonds is 6. The van der Waals surface area contributed by atoms with Crippen molar-refractivity contribution in [1.82, 2.24) is 9.97 Å². The maximum Gasteiger partial charge on any atom is 0.167 e. The van der Waals surface area contributed by atoms with Crippen molar-refractivity contribution in [1.29, 1.82) is 0 Å². The Hall–Kier alpha value is -2.89. The van der Waals surface area contributed by atoms with Gasteiger partial charge in [-0.25, -0.2) is 14.4 Å². The summed E-state index contributed by atoms with van der Waals surface area (Å²) in [6.45, 7) is 1.13. The van der Waals surface area contributed by atoms with E-state index in [4.69, 9.17) is 9.47 Å². The molecule has 2 aromatic carbocycles. The van der Waals surface area contributed by atoms with Crippen LogP contribution in [0, 0.1) is 5.82 Å². The van der Waals surface area contributed by atoms with Gasteiger partial charge in [0.25, 0.3) is 0 Å². The molecule has 1 heterocycles. The van der Waals surface area contributed by atoms with Crippen LogP contribution < -0.4 is 14.4 Å². The van der Waals surface area contributed by atoms with E-state index in [-0.39, 0.29) is 5.75 Å². The number of likely N-dealkylation sites (N-methyl/N-ethyl adjacent to an activating group) is 1. The first-order valence-electron chi connectivity index (χ1n) is 7.56. The molecule has 24 heavy (non-hydrogen) atoms. The summed E-state index contributed by atoms with van der Waals surface area (Å²) in [4.78, 5) is 10.4. The van der Waals surface area contributed by atoms with Crippen molar-refractivity contribution in [2.24, 2.45) is 0 Å². The minimum atomic E-state index is -0.440. The minimum Gasteiger partial charge on any atom is -0.494 e. The van der Waals surface area contributed by atoms with Crippen LogP contribution >= 0.6 is 0 Å². The van der Waals surface area contributed by atoms with Gasteiger partial charge in [-0.15, -0.1) is 0 Å². The van der Waals surface area contributed by atoms with Crippen LogP contribution in [-0.2, 0) is 0 Å². The molecule has 0 N–H and O–H groups in total. The van der Waals surface area contributed by atoms with Gasteiger partial charge in [-0.05, 0) is 18.2 Å². The van der Waals surface area contributed by atoms with Gasteiger partial charge >= 0.3 is 0 Å². The highest BCUT2D eigenvalue weighted by Crippen LogP contribution is 2.28. The molecule has 124 valence electrons. The van der Waals surface area contributed by atoms with E-state index in [0.717, 1.165) is 11.1 Å². The lowest BCUT2D eigenvalue weighted by Crippen LogP contribution is -2.25. The molecular formula is C18H18FN3O2. The standard InChI is InChI=1S/C18H18FN3O2/c1-22(8-9-24-13-6-4-3-5-7-13)18-14-10-17(23-2)15(19)11-16(14)20-12-21-18/h3-7,10-12H,8-9H2,1-2H3. The number of methoxy groups -OCH3 is 1. The van der Waals surface area contributed by atoms with E-state index in [9.17, 15) is 4.39 Å². The number of benzene rings is 2. The highest BCUT2D eigenvalue weighted by molar-refractivity contribution is 5.90. The van der Waals surface area contributed by atoms with Crippen LogP contribution in [0.15, 0.2) is 48.8 Å². The van der Waals surface area contributed by atoms with Crippen molar-refractivity contribution >= 4 is 16.7 Å². The van der Waals surface area contributed by atoms with Gasteiger partial charge in [0.2, 0.25) is 0 Å². The highest BCUT2D eigenvalue weighted by atomic mass is 19.1. The van der Waals surface area contributed by atoms with E-state index in [1.165, 1.54) is 19.5 Å². The molecule has 0 unspecified atom stereocenters. The maximum absolute atomic E-state index is 13.8. The van der Waals surface area contributed by atoms with Crippen LogP contribution in [0.4, 0.5) is 10.2 Å². The molecule has 0 fully saturated rings. The molecule has 0 amide bonds. The SMILES string of the molecule is COc1cc2c(N(C)CCOc3ccccc3)ncnc2cc1F. The number of anilines is 1. The lowest BCUT2D eigenvalue weighted by Gasteiger charge is -2.20. The summed E-state index contributed by atoms with van der Waals surface area (Å²) in [7, 11) is 3.34. The number of hydrogen-bond donors (Lipinski definition) is 0. The molecular weight excluding hydrogens is 309 g/mol. The van der Waals surface area contributed by atoms with Crippen LogP contribution in [0.3, 0.4) is 0 Å². The summed E-state index contributed by atoms with van der Waals surface area (Å²) in [5.41, 5.74) is 0.536. The molecule has 0 aliphatic heterocycles. The van der Waals surface area contributed by atoms with Crippen LogP contribution in [0.2, 0.25) is 0 Å². The summed E-state index contributed by atoms with van der Waals surface area (Å²) >= 11 is 0. The molecule has 0 saturated heterocycles. The largest absolute Gasteiger partial charge is 0.494 e. The number of fused-ring (bicyclic) bond motifs is 1. The zero-order valence-electron chi connectivity index (χ0n) is 13.6. The summed E-state index contributed by atoms with van der Waals surface area (Å²) in [5, 5.41) is 0.734. The van der Waals surface area contributed by atoms with E-state index in [1.807, 2.05) is 42.3 Å². The third kappa shape index (κ3) is 3.37. The first kappa shape index (κ1) is 16.0. The van der Waals surface area contributed by atoms with Gasteiger partial charge in [0.05, 0.1) is 19.2 Å². The molecule has 0 saturated carbocycles. The average molecular weight is 327 g/mol. The first-order chi connectivity index (χ1) is 11.7. The molecule has 1 aromatic heterocycles. The van der Waals surface area contributed by atoms with Gasteiger partial charge in [-0.2, -0.15) is 0 Å². The lowest BCUT2D eigenvalue weighted by molar-refractivity contribution is 0.326. The van der Waals surface area contributed by atoms with Crippen LogP contribution in [-0.4, -0.2) is 37.3 Å². The zero-order chi connectivity index (χ0) is 16.9. The average Bonchev–Trinajstić information content (AvgIpc) is 2.61. The van der Waals surface area contributed by atoms with Crippen LogP contribution in [0.25, 0.3) is 10.9 Å². The highest BCUT2D eigenvalue weighted by Gasteiger charge is 2.13. The van der Waals surface area contributed by atoms with E-state index >= 15 is 0 Å². The second-order valence-corrected chi connectivity index (χ2v) is 5.28. The Morgan fingerprint density at radius 1 is 1.12 bits per heavy atom. The fraction of sp³-hybridized carbons (Fsp3) is 0.222. The third-order valence-corrected chi connectivity index (χ3v) is 3.69. The Bertz CT molecular complexity index is 827. The van der Waals surface area contributed by atoms with Crippen molar-refractivity contribution in [3.63, 3.8) is 0 Å². The Morgan fingerprint density at radius 2 is 1.92 bits per heavy atom. The Balaban J connectivity index is 1.78. The topological polar surface area (TPSA) is 47.5 Å². The van der Waals surface area contributed by atoms with Gasteiger partial charge < -0.3 is 14.4 Å². The zero-order valence-corrected chi connectivity index (χ0v) is 13.6. The normalized spacial score (nSPS) is 10.6. The van der Waals surface area contributed by atoms with Crippen molar-refractivity contribution in [2.75, 3.05) is 32.2 Å². The second kappa shape index (κ2) is 7.12. The fourth-order valence-corrected chi connectivity index (χ4v) is 2.43. The summed E-state index contributed by atoms with van der Waals surface area (Å²) in [6, 6.07) is 12.6. The number of ether oxygens (including phenoxy) is 2. The van der Waals surface area contributed by atoms with Gasteiger partial charge in [0.15, 0.2) is 11.6 Å². The quantitative estimate of drug-likeness (QED) is 0.695. The van der Waals surface area contributed by atoms with Crippen LogP contribution in [0.5, 0.6) is 11.5 Å². The second-order valence-electron chi connectivity index (χ2n) is 5.28. The van der Waals surface area contributed by atoms with Crippen LogP contribution in [0.1, 0.15) is 0 Å².